The maximum Gasteiger partial charge on any atom is 0.350 e. The number of carbonyl (C=O) groups excluding carboxylic acids is 3. The molecule has 1 saturated heterocycles. The number of aromatic nitrogens is 4. The average molecular weight is 638 g/mol. The number of carboxylic acid groups (broad SMARTS) is 2. The van der Waals surface area contributed by atoms with Crippen LogP contribution in [-0.4, -0.2) is 89.4 Å². The fourth-order valence-electron chi connectivity index (χ4n) is 4.14. The number of carboxylic acids is 2. The summed E-state index contributed by atoms with van der Waals surface area (Å²) in [5.41, 5.74) is 15.8. The molecular formula is C23H31N11O7S2. The lowest BCUT2D eigenvalue weighted by Gasteiger charge is -2.50. The normalized spacial score (nSPS) is 18.7. The zero-order valence-corrected chi connectivity index (χ0v) is 25.0. The molecule has 0 spiro atoms. The Hall–Kier alpha value is -4.43. The van der Waals surface area contributed by atoms with E-state index in [9.17, 15) is 29.4 Å². The SMILES string of the molecule is Cn1c(N)c(NCCCN)c[n+]1CC1=C(C(=O)[O-])N2C(=O)[C@@H](NC(=O)/C(=N\OC(C)(C)C(=O)O)c3nsc(N)n3)[C@H]2SC1. The van der Waals surface area contributed by atoms with E-state index in [1.54, 1.807) is 22.6 Å². The predicted molar refractivity (Wildman–Crippen MR) is 153 cm³/mol. The number of nitrogens with one attached hydrogen (secondary N) is 2. The highest BCUT2D eigenvalue weighted by molar-refractivity contribution is 8.00. The number of amides is 2. The highest BCUT2D eigenvalue weighted by Gasteiger charge is 2.53. The standard InChI is InChI=1S/C23H31N11O7S2/c1-23(2,21(39)40)41-30-12(16-29-22(26)43-31-16)17(35)28-13-18(36)34-14(20(37)38)10(9-42-19(13)34)7-33-8-11(15(25)32(33)3)27-6-4-5-24/h8,13,19,25,27H,4-7,9,24H2,1-3H3,(H5,26,28,29,31,35,37,38,39,40)/b30-12-/t13-,19-/m1/s1. The molecule has 9 N–H and O–H groups in total. The topological polar surface area (TPSA) is 273 Å². The second-order valence-corrected chi connectivity index (χ2v) is 11.9. The van der Waals surface area contributed by atoms with Gasteiger partial charge in [-0.3, -0.25) is 14.5 Å². The third-order valence-corrected chi connectivity index (χ3v) is 8.50. The van der Waals surface area contributed by atoms with Crippen molar-refractivity contribution < 1.29 is 38.9 Å². The van der Waals surface area contributed by atoms with Crippen LogP contribution in [0.25, 0.3) is 0 Å². The van der Waals surface area contributed by atoms with E-state index in [1.807, 2.05) is 0 Å². The van der Waals surface area contributed by atoms with Gasteiger partial charge in [-0.2, -0.15) is 9.36 Å². The largest absolute Gasteiger partial charge is 0.543 e. The number of carbonyl (C=O) groups is 4. The summed E-state index contributed by atoms with van der Waals surface area (Å²) in [6.07, 6.45) is 2.47. The van der Waals surface area contributed by atoms with Gasteiger partial charge in [-0.15, -0.1) is 21.1 Å². The van der Waals surface area contributed by atoms with Gasteiger partial charge in [0.1, 0.15) is 17.1 Å². The van der Waals surface area contributed by atoms with Gasteiger partial charge in [0.2, 0.25) is 23.3 Å². The van der Waals surface area contributed by atoms with Crippen molar-refractivity contribution in [3.8, 4) is 0 Å². The first-order chi connectivity index (χ1) is 20.3. The molecule has 0 bridgehead atoms. The Labute approximate surface area is 253 Å². The molecule has 1 fully saturated rings. The fraction of sp³-hybridized carbons (Fsp3) is 0.478. The summed E-state index contributed by atoms with van der Waals surface area (Å²) in [4.78, 5) is 60.1. The highest BCUT2D eigenvalue weighted by Crippen LogP contribution is 2.40. The monoisotopic (exact) mass is 637 g/mol. The summed E-state index contributed by atoms with van der Waals surface area (Å²) in [7, 11) is 1.72. The molecule has 18 nitrogen and oxygen atoms in total. The minimum absolute atomic E-state index is 0.00861. The Morgan fingerprint density at radius 2 is 2.07 bits per heavy atom. The first-order valence-corrected chi connectivity index (χ1v) is 14.7. The molecule has 0 unspecified atom stereocenters. The number of anilines is 3. The van der Waals surface area contributed by atoms with E-state index in [0.29, 0.717) is 30.2 Å². The number of hydrogen-bond donors (Lipinski definition) is 6. The van der Waals surface area contributed by atoms with E-state index in [2.05, 4.69) is 25.1 Å². The number of fused-ring (bicyclic) bond motifs is 1. The quantitative estimate of drug-likeness (QED) is 0.0415. The third-order valence-electron chi connectivity index (χ3n) is 6.61. The summed E-state index contributed by atoms with van der Waals surface area (Å²) >= 11 is 2.01. The summed E-state index contributed by atoms with van der Waals surface area (Å²) < 4.78 is 7.28. The minimum Gasteiger partial charge on any atom is -0.543 e. The molecule has 2 atom stereocenters. The summed E-state index contributed by atoms with van der Waals surface area (Å²) in [6.45, 7) is 3.65. The van der Waals surface area contributed by atoms with Gasteiger partial charge in [0, 0.05) is 29.4 Å². The number of nitrogen functional groups attached to an aromatic ring is 2. The van der Waals surface area contributed by atoms with Gasteiger partial charge < -0.3 is 47.7 Å². The van der Waals surface area contributed by atoms with Crippen LogP contribution >= 0.6 is 23.3 Å². The maximum absolute atomic E-state index is 13.2. The number of thioether (sulfide) groups is 1. The molecule has 2 aliphatic heterocycles. The third kappa shape index (κ3) is 6.34. The van der Waals surface area contributed by atoms with Crippen molar-refractivity contribution in [3.63, 3.8) is 0 Å². The zero-order valence-electron chi connectivity index (χ0n) is 23.4. The van der Waals surface area contributed by atoms with Crippen LogP contribution in [0, 0.1) is 0 Å². The Morgan fingerprint density at radius 3 is 2.67 bits per heavy atom. The number of nitrogens with zero attached hydrogens (tertiary/aromatic N) is 6. The lowest BCUT2D eigenvalue weighted by Crippen LogP contribution is -2.71. The molecule has 43 heavy (non-hydrogen) atoms. The number of β-lactam (4-membered cyclic amide) rings is 1. The van der Waals surface area contributed by atoms with Crippen molar-refractivity contribution in [3.05, 3.63) is 23.3 Å². The molecule has 0 aliphatic carbocycles. The molecule has 4 rings (SSSR count). The van der Waals surface area contributed by atoms with Gasteiger partial charge in [0.15, 0.2) is 17.5 Å². The molecule has 2 aromatic rings. The zero-order chi connectivity index (χ0) is 31.6. The van der Waals surface area contributed by atoms with Gasteiger partial charge in [-0.05, 0) is 26.8 Å². The summed E-state index contributed by atoms with van der Waals surface area (Å²) in [5.74, 6) is -4.14. The molecular weight excluding hydrogens is 606 g/mol. The second-order valence-electron chi connectivity index (χ2n) is 10.0. The number of rotatable bonds is 13. The van der Waals surface area contributed by atoms with Crippen molar-refractivity contribution in [2.24, 2.45) is 17.9 Å². The second kappa shape index (κ2) is 12.4. The van der Waals surface area contributed by atoms with Crippen LogP contribution in [0.4, 0.5) is 16.6 Å². The van der Waals surface area contributed by atoms with Crippen LogP contribution < -0.4 is 37.6 Å². The van der Waals surface area contributed by atoms with E-state index in [-0.39, 0.29) is 29.0 Å². The average Bonchev–Trinajstić information content (AvgIpc) is 3.49. The molecule has 2 aliphatic rings. The van der Waals surface area contributed by atoms with Crippen LogP contribution in [0.1, 0.15) is 26.1 Å². The predicted octanol–water partition coefficient (Wildman–Crippen LogP) is -3.22. The smallest absolute Gasteiger partial charge is 0.350 e. The fourth-order valence-corrected chi connectivity index (χ4v) is 5.91. The molecule has 2 amide bonds. The minimum atomic E-state index is -1.80. The Morgan fingerprint density at radius 1 is 1.35 bits per heavy atom. The molecule has 2 aromatic heterocycles. The lowest BCUT2D eigenvalue weighted by atomic mass is 10.0. The Balaban J connectivity index is 1.54. The van der Waals surface area contributed by atoms with E-state index in [0.717, 1.165) is 22.9 Å². The maximum atomic E-state index is 13.2. The van der Waals surface area contributed by atoms with Gasteiger partial charge in [0.05, 0.1) is 18.7 Å². The molecule has 0 aromatic carbocycles. The Kier molecular flexibility index (Phi) is 9.11. The van der Waals surface area contributed by atoms with Crippen LogP contribution in [0.3, 0.4) is 0 Å². The van der Waals surface area contributed by atoms with Crippen molar-refractivity contribution in [2.45, 2.75) is 43.8 Å². The lowest BCUT2D eigenvalue weighted by molar-refractivity contribution is -0.765. The van der Waals surface area contributed by atoms with E-state index < -0.39 is 46.5 Å². The van der Waals surface area contributed by atoms with Crippen molar-refractivity contribution in [1.29, 1.82) is 0 Å². The van der Waals surface area contributed by atoms with Crippen molar-refractivity contribution in [2.75, 3.05) is 35.6 Å². The summed E-state index contributed by atoms with van der Waals surface area (Å²) in [6, 6.07) is -1.14. The number of nitrogens with two attached hydrogens (primary N) is 3. The van der Waals surface area contributed by atoms with E-state index in [1.165, 1.54) is 25.6 Å². The first-order valence-electron chi connectivity index (χ1n) is 12.8. The number of hydrogen-bond acceptors (Lipinski definition) is 15. The van der Waals surface area contributed by atoms with Gasteiger partial charge in [-0.1, -0.05) is 5.16 Å². The van der Waals surface area contributed by atoms with Crippen LogP contribution in [0.5, 0.6) is 0 Å². The van der Waals surface area contributed by atoms with E-state index >= 15 is 0 Å². The summed E-state index contributed by atoms with van der Waals surface area (Å²) in [5, 5.41) is 30.1. The molecule has 232 valence electrons. The van der Waals surface area contributed by atoms with Crippen molar-refractivity contribution >= 4 is 69.4 Å². The Bertz CT molecular complexity index is 1520. The first kappa shape index (κ1) is 31.5. The molecule has 4 heterocycles. The highest BCUT2D eigenvalue weighted by atomic mass is 32.2. The van der Waals surface area contributed by atoms with Crippen molar-refractivity contribution in [1.82, 2.24) is 24.3 Å². The van der Waals surface area contributed by atoms with Crippen LogP contribution in [0.15, 0.2) is 22.6 Å². The van der Waals surface area contributed by atoms with Crippen LogP contribution in [-0.2, 0) is 37.6 Å². The number of oxime groups is 1. The van der Waals surface area contributed by atoms with Gasteiger partial charge >= 0.3 is 5.97 Å². The molecule has 0 radical (unpaired) electrons. The number of aliphatic carboxylic acids is 2. The van der Waals surface area contributed by atoms with Gasteiger partial charge in [0.25, 0.3) is 11.8 Å². The van der Waals surface area contributed by atoms with Gasteiger partial charge in [-0.25, -0.2) is 4.79 Å². The van der Waals surface area contributed by atoms with Crippen LogP contribution in [0.2, 0.25) is 0 Å². The molecule has 0 saturated carbocycles. The molecule has 20 heteroatoms. The van der Waals surface area contributed by atoms with E-state index in [4.69, 9.17) is 22.0 Å².